The molecule has 0 amide bonds. The first-order valence-electron chi connectivity index (χ1n) is 6.11. The van der Waals surface area contributed by atoms with E-state index in [9.17, 15) is 0 Å². The van der Waals surface area contributed by atoms with Gasteiger partial charge >= 0.3 is 0 Å². The van der Waals surface area contributed by atoms with Crippen LogP contribution in [0.2, 0.25) is 5.02 Å². The Hall–Kier alpha value is -1.52. The highest BCUT2D eigenvalue weighted by atomic mass is 35.5. The lowest BCUT2D eigenvalue weighted by atomic mass is 10.0. The normalized spacial score (nSPS) is 12.4. The molecule has 1 aromatic heterocycles. The number of benzene rings is 1. The predicted molar refractivity (Wildman–Crippen MR) is 76.7 cm³/mol. The standard InChI is InChI=1S/C14H18ClN3O/c1-16-12(13-8-17-9-18(13)2)7-10-6-11(15)4-5-14(10)19-3/h4-6,8-9,12,16H,7H2,1-3H3. The summed E-state index contributed by atoms with van der Waals surface area (Å²) in [4.78, 5) is 4.16. The predicted octanol–water partition coefficient (Wildman–Crippen LogP) is 2.59. The fourth-order valence-corrected chi connectivity index (χ4v) is 2.38. The molecule has 0 spiro atoms. The van der Waals surface area contributed by atoms with E-state index in [0.29, 0.717) is 0 Å². The molecule has 1 N–H and O–H groups in total. The summed E-state index contributed by atoms with van der Waals surface area (Å²) in [5.74, 6) is 0.854. The molecule has 1 unspecified atom stereocenters. The van der Waals surface area contributed by atoms with Crippen molar-refractivity contribution in [2.45, 2.75) is 12.5 Å². The number of methoxy groups -OCH3 is 1. The molecular formula is C14H18ClN3O. The number of hydrogen-bond acceptors (Lipinski definition) is 3. The van der Waals surface area contributed by atoms with Crippen molar-refractivity contribution in [3.8, 4) is 5.75 Å². The van der Waals surface area contributed by atoms with E-state index >= 15 is 0 Å². The Labute approximate surface area is 118 Å². The highest BCUT2D eigenvalue weighted by molar-refractivity contribution is 6.30. The van der Waals surface area contributed by atoms with E-state index in [0.717, 1.165) is 28.5 Å². The van der Waals surface area contributed by atoms with Crippen molar-refractivity contribution >= 4 is 11.6 Å². The van der Waals surface area contributed by atoms with Crippen LogP contribution in [0.4, 0.5) is 0 Å². The average Bonchev–Trinajstić information content (AvgIpc) is 2.82. The van der Waals surface area contributed by atoms with Crippen LogP contribution in [-0.4, -0.2) is 23.7 Å². The first-order chi connectivity index (χ1) is 9.15. The highest BCUT2D eigenvalue weighted by Crippen LogP contribution is 2.27. The van der Waals surface area contributed by atoms with Crippen molar-refractivity contribution in [3.05, 3.63) is 47.0 Å². The summed E-state index contributed by atoms with van der Waals surface area (Å²) >= 11 is 6.06. The second-order valence-corrected chi connectivity index (χ2v) is 4.87. The first kappa shape index (κ1) is 13.9. The molecule has 2 aromatic rings. The second kappa shape index (κ2) is 6.08. The summed E-state index contributed by atoms with van der Waals surface area (Å²) in [6.07, 6.45) is 4.47. The maximum Gasteiger partial charge on any atom is 0.122 e. The van der Waals surface area contributed by atoms with Crippen LogP contribution in [0.25, 0.3) is 0 Å². The number of nitrogens with zero attached hydrogens (tertiary/aromatic N) is 2. The van der Waals surface area contributed by atoms with Gasteiger partial charge in [0, 0.05) is 18.3 Å². The second-order valence-electron chi connectivity index (χ2n) is 4.43. The Bertz CT molecular complexity index is 553. The zero-order valence-electron chi connectivity index (χ0n) is 11.4. The summed E-state index contributed by atoms with van der Waals surface area (Å²) in [5, 5.41) is 4.02. The van der Waals surface area contributed by atoms with Crippen molar-refractivity contribution in [2.24, 2.45) is 7.05 Å². The van der Waals surface area contributed by atoms with Crippen LogP contribution >= 0.6 is 11.6 Å². The molecule has 19 heavy (non-hydrogen) atoms. The van der Waals surface area contributed by atoms with Crippen LogP contribution in [0.1, 0.15) is 17.3 Å². The molecule has 0 bridgehead atoms. The molecule has 1 aromatic carbocycles. The molecule has 1 heterocycles. The third kappa shape index (κ3) is 3.08. The number of nitrogens with one attached hydrogen (secondary N) is 1. The van der Waals surface area contributed by atoms with Crippen LogP contribution < -0.4 is 10.1 Å². The van der Waals surface area contributed by atoms with Gasteiger partial charge in [0.25, 0.3) is 0 Å². The Kier molecular flexibility index (Phi) is 4.45. The van der Waals surface area contributed by atoms with Crippen LogP contribution in [0, 0.1) is 0 Å². The van der Waals surface area contributed by atoms with Crippen molar-refractivity contribution in [2.75, 3.05) is 14.2 Å². The smallest absolute Gasteiger partial charge is 0.122 e. The van der Waals surface area contributed by atoms with Crippen LogP contribution in [0.5, 0.6) is 5.75 Å². The quantitative estimate of drug-likeness (QED) is 0.914. The molecule has 2 rings (SSSR count). The van der Waals surface area contributed by atoms with E-state index in [4.69, 9.17) is 16.3 Å². The fraction of sp³-hybridized carbons (Fsp3) is 0.357. The molecular weight excluding hydrogens is 262 g/mol. The van der Waals surface area contributed by atoms with Gasteiger partial charge in [0.05, 0.1) is 25.2 Å². The Morgan fingerprint density at radius 3 is 2.84 bits per heavy atom. The van der Waals surface area contributed by atoms with Gasteiger partial charge in [0.1, 0.15) is 5.75 Å². The number of aromatic nitrogens is 2. The molecule has 0 aliphatic rings. The van der Waals surface area contributed by atoms with Crippen LogP contribution in [0.3, 0.4) is 0 Å². The van der Waals surface area contributed by atoms with Gasteiger partial charge < -0.3 is 14.6 Å². The van der Waals surface area contributed by atoms with Crippen molar-refractivity contribution in [1.82, 2.24) is 14.9 Å². The minimum atomic E-state index is 0.167. The summed E-state index contributed by atoms with van der Waals surface area (Å²) in [5.41, 5.74) is 2.21. The highest BCUT2D eigenvalue weighted by Gasteiger charge is 2.16. The van der Waals surface area contributed by atoms with Gasteiger partial charge in [-0.1, -0.05) is 11.6 Å². The van der Waals surface area contributed by atoms with Crippen molar-refractivity contribution in [1.29, 1.82) is 0 Å². The zero-order valence-corrected chi connectivity index (χ0v) is 12.1. The third-order valence-corrected chi connectivity index (χ3v) is 3.46. The molecule has 102 valence electrons. The molecule has 0 saturated carbocycles. The molecule has 0 fully saturated rings. The van der Waals surface area contributed by atoms with Gasteiger partial charge in [0.2, 0.25) is 0 Å². The van der Waals surface area contributed by atoms with Gasteiger partial charge in [-0.05, 0) is 37.2 Å². The van der Waals surface area contributed by atoms with E-state index in [2.05, 4.69) is 10.3 Å². The van der Waals surface area contributed by atoms with Gasteiger partial charge in [-0.2, -0.15) is 0 Å². The fourth-order valence-electron chi connectivity index (χ4n) is 2.18. The van der Waals surface area contributed by atoms with Gasteiger partial charge in [-0.3, -0.25) is 0 Å². The summed E-state index contributed by atoms with van der Waals surface area (Å²) in [7, 11) is 5.60. The number of rotatable bonds is 5. The largest absolute Gasteiger partial charge is 0.496 e. The maximum absolute atomic E-state index is 6.06. The molecule has 0 aliphatic heterocycles. The van der Waals surface area contributed by atoms with Crippen molar-refractivity contribution < 1.29 is 4.74 Å². The molecule has 0 aliphatic carbocycles. The number of imidazole rings is 1. The maximum atomic E-state index is 6.06. The van der Waals surface area contributed by atoms with Crippen LogP contribution in [0.15, 0.2) is 30.7 Å². The number of aryl methyl sites for hydroxylation is 1. The summed E-state index contributed by atoms with van der Waals surface area (Å²) in [6.45, 7) is 0. The number of ether oxygens (including phenoxy) is 1. The molecule has 0 saturated heterocycles. The zero-order chi connectivity index (χ0) is 13.8. The third-order valence-electron chi connectivity index (χ3n) is 3.23. The van der Waals surface area contributed by atoms with Crippen LogP contribution in [-0.2, 0) is 13.5 Å². The molecule has 4 nitrogen and oxygen atoms in total. The summed E-state index contributed by atoms with van der Waals surface area (Å²) in [6, 6.07) is 5.84. The Morgan fingerprint density at radius 2 is 2.26 bits per heavy atom. The number of likely N-dealkylation sites (N-methyl/N-ethyl adjacent to an activating group) is 1. The topological polar surface area (TPSA) is 39.1 Å². The first-order valence-corrected chi connectivity index (χ1v) is 6.49. The minimum Gasteiger partial charge on any atom is -0.496 e. The molecule has 5 heteroatoms. The van der Waals surface area contributed by atoms with E-state index in [1.54, 1.807) is 13.4 Å². The molecule has 1 atom stereocenters. The lowest BCUT2D eigenvalue weighted by Crippen LogP contribution is -2.21. The van der Waals surface area contributed by atoms with E-state index in [-0.39, 0.29) is 6.04 Å². The average molecular weight is 280 g/mol. The Morgan fingerprint density at radius 1 is 1.47 bits per heavy atom. The minimum absolute atomic E-state index is 0.167. The number of hydrogen-bond donors (Lipinski definition) is 1. The summed E-state index contributed by atoms with van der Waals surface area (Å²) < 4.78 is 7.40. The van der Waals surface area contributed by atoms with E-state index in [1.165, 1.54) is 0 Å². The SMILES string of the molecule is CNC(Cc1cc(Cl)ccc1OC)c1cncn1C. The van der Waals surface area contributed by atoms with Crippen molar-refractivity contribution in [3.63, 3.8) is 0 Å². The molecule has 0 radical (unpaired) electrons. The monoisotopic (exact) mass is 279 g/mol. The van der Waals surface area contributed by atoms with E-state index < -0.39 is 0 Å². The number of halogens is 1. The lowest BCUT2D eigenvalue weighted by Gasteiger charge is -2.18. The van der Waals surface area contributed by atoms with E-state index in [1.807, 2.05) is 43.1 Å². The lowest BCUT2D eigenvalue weighted by molar-refractivity contribution is 0.406. The Balaban J connectivity index is 2.28. The van der Waals surface area contributed by atoms with Gasteiger partial charge in [-0.25, -0.2) is 4.98 Å². The van der Waals surface area contributed by atoms with Gasteiger partial charge in [0.15, 0.2) is 0 Å². The van der Waals surface area contributed by atoms with Gasteiger partial charge in [-0.15, -0.1) is 0 Å².